The summed E-state index contributed by atoms with van der Waals surface area (Å²) in [5, 5.41) is 9.22. The minimum Gasteiger partial charge on any atom is -0.492 e. The molecule has 0 radical (unpaired) electrons. The molecule has 0 saturated carbocycles. The van der Waals surface area contributed by atoms with Crippen LogP contribution < -0.4 is 4.74 Å². The molecule has 0 aromatic heterocycles. The van der Waals surface area contributed by atoms with Gasteiger partial charge in [-0.2, -0.15) is 0 Å². The molecule has 1 heterocycles. The summed E-state index contributed by atoms with van der Waals surface area (Å²) >= 11 is 2.24. The molecule has 82 valence electrons. The van der Waals surface area contributed by atoms with Gasteiger partial charge in [-0.05, 0) is 34.7 Å². The third-order valence-electron chi connectivity index (χ3n) is 2.52. The van der Waals surface area contributed by atoms with Crippen molar-refractivity contribution in [3.05, 3.63) is 27.8 Å². The maximum atomic E-state index is 9.22. The van der Waals surface area contributed by atoms with Crippen molar-refractivity contribution >= 4 is 22.6 Å². The normalized spacial score (nSPS) is 18.3. The van der Waals surface area contributed by atoms with Gasteiger partial charge >= 0.3 is 0 Å². The highest BCUT2D eigenvalue weighted by molar-refractivity contribution is 14.1. The molecular formula is C11H13IO3. The van der Waals surface area contributed by atoms with Crippen LogP contribution in [0.2, 0.25) is 0 Å². The van der Waals surface area contributed by atoms with Crippen molar-refractivity contribution in [2.45, 2.75) is 0 Å². The molecule has 0 amide bonds. The molecule has 0 spiro atoms. The van der Waals surface area contributed by atoms with Gasteiger partial charge in [-0.15, -0.1) is 0 Å². The zero-order valence-corrected chi connectivity index (χ0v) is 10.4. The van der Waals surface area contributed by atoms with Gasteiger partial charge in [0.25, 0.3) is 0 Å². The molecule has 15 heavy (non-hydrogen) atoms. The van der Waals surface area contributed by atoms with Crippen LogP contribution in [0.15, 0.2) is 24.3 Å². The number of ether oxygens (including phenoxy) is 2. The van der Waals surface area contributed by atoms with Gasteiger partial charge in [0.2, 0.25) is 0 Å². The summed E-state index contributed by atoms with van der Waals surface area (Å²) in [7, 11) is 0. The Kier molecular flexibility index (Phi) is 3.48. The second-order valence-electron chi connectivity index (χ2n) is 3.87. The van der Waals surface area contributed by atoms with E-state index in [1.807, 2.05) is 24.3 Å². The molecule has 3 nitrogen and oxygen atoms in total. The predicted molar refractivity (Wildman–Crippen MR) is 65.0 cm³/mol. The molecule has 1 N–H and O–H groups in total. The fourth-order valence-electron chi connectivity index (χ4n) is 1.40. The minimum absolute atomic E-state index is 0.121. The van der Waals surface area contributed by atoms with Gasteiger partial charge in [0.1, 0.15) is 12.4 Å². The van der Waals surface area contributed by atoms with Crippen molar-refractivity contribution < 1.29 is 14.6 Å². The third kappa shape index (κ3) is 2.43. The van der Waals surface area contributed by atoms with E-state index in [-0.39, 0.29) is 12.0 Å². The Morgan fingerprint density at radius 2 is 2.13 bits per heavy atom. The van der Waals surface area contributed by atoms with E-state index in [2.05, 4.69) is 22.6 Å². The van der Waals surface area contributed by atoms with E-state index in [0.29, 0.717) is 19.8 Å². The molecule has 1 aliphatic heterocycles. The number of rotatable bonds is 4. The summed E-state index contributed by atoms with van der Waals surface area (Å²) < 4.78 is 11.9. The number of hydrogen-bond acceptors (Lipinski definition) is 3. The largest absolute Gasteiger partial charge is 0.492 e. The Morgan fingerprint density at radius 1 is 1.40 bits per heavy atom. The van der Waals surface area contributed by atoms with Gasteiger partial charge in [-0.3, -0.25) is 0 Å². The average Bonchev–Trinajstić information content (AvgIpc) is 2.19. The smallest absolute Gasteiger partial charge is 0.132 e. The van der Waals surface area contributed by atoms with Gasteiger partial charge in [0.15, 0.2) is 0 Å². The maximum absolute atomic E-state index is 9.22. The van der Waals surface area contributed by atoms with Crippen molar-refractivity contribution in [2.75, 3.05) is 26.4 Å². The highest BCUT2D eigenvalue weighted by atomic mass is 127. The van der Waals surface area contributed by atoms with Gasteiger partial charge < -0.3 is 14.6 Å². The van der Waals surface area contributed by atoms with Gasteiger partial charge in [0.05, 0.1) is 28.8 Å². The molecule has 0 unspecified atom stereocenters. The third-order valence-corrected chi connectivity index (χ3v) is 3.41. The standard InChI is InChI=1S/C11H13IO3/c12-9-3-1-2-4-10(9)15-8-11(5-13)6-14-7-11/h1-4,13H,5-8H2. The number of aliphatic hydroxyl groups is 1. The number of aliphatic hydroxyl groups excluding tert-OH is 1. The van der Waals surface area contributed by atoms with Gasteiger partial charge in [-0.1, -0.05) is 12.1 Å². The summed E-state index contributed by atoms with van der Waals surface area (Å²) in [5.74, 6) is 0.873. The van der Waals surface area contributed by atoms with E-state index in [1.54, 1.807) is 0 Å². The summed E-state index contributed by atoms with van der Waals surface area (Å²) in [6.07, 6.45) is 0. The highest BCUT2D eigenvalue weighted by Gasteiger charge is 2.39. The van der Waals surface area contributed by atoms with Crippen molar-refractivity contribution in [1.82, 2.24) is 0 Å². The monoisotopic (exact) mass is 320 g/mol. The lowest BCUT2D eigenvalue weighted by molar-refractivity contribution is -0.153. The molecule has 4 heteroatoms. The fraction of sp³-hybridized carbons (Fsp3) is 0.455. The Bertz CT molecular complexity index is 331. The zero-order valence-electron chi connectivity index (χ0n) is 8.28. The first kappa shape index (κ1) is 11.2. The second kappa shape index (κ2) is 4.67. The number of para-hydroxylation sites is 1. The quantitative estimate of drug-likeness (QED) is 0.858. The lowest BCUT2D eigenvalue weighted by atomic mass is 9.88. The molecule has 1 aromatic carbocycles. The molecule has 1 fully saturated rings. The van der Waals surface area contributed by atoms with Crippen LogP contribution in [-0.4, -0.2) is 31.5 Å². The topological polar surface area (TPSA) is 38.7 Å². The van der Waals surface area contributed by atoms with E-state index in [9.17, 15) is 5.11 Å². The molecule has 0 bridgehead atoms. The zero-order chi connectivity index (χ0) is 10.7. The highest BCUT2D eigenvalue weighted by Crippen LogP contribution is 2.29. The molecule has 2 rings (SSSR count). The minimum atomic E-state index is -0.182. The summed E-state index contributed by atoms with van der Waals surface area (Å²) in [5.41, 5.74) is -0.182. The van der Waals surface area contributed by atoms with Crippen molar-refractivity contribution in [3.63, 3.8) is 0 Å². The lowest BCUT2D eigenvalue weighted by Gasteiger charge is -2.39. The van der Waals surface area contributed by atoms with E-state index < -0.39 is 0 Å². The Morgan fingerprint density at radius 3 is 2.67 bits per heavy atom. The first-order valence-electron chi connectivity index (χ1n) is 4.82. The fourth-order valence-corrected chi connectivity index (χ4v) is 1.95. The summed E-state index contributed by atoms with van der Waals surface area (Å²) in [4.78, 5) is 0. The maximum Gasteiger partial charge on any atom is 0.132 e. The Hall–Kier alpha value is -0.330. The molecular weight excluding hydrogens is 307 g/mol. The molecule has 0 atom stereocenters. The first-order chi connectivity index (χ1) is 7.26. The van der Waals surface area contributed by atoms with E-state index >= 15 is 0 Å². The first-order valence-corrected chi connectivity index (χ1v) is 5.90. The van der Waals surface area contributed by atoms with Crippen LogP contribution in [0.5, 0.6) is 5.75 Å². The van der Waals surface area contributed by atoms with E-state index in [4.69, 9.17) is 9.47 Å². The molecule has 1 saturated heterocycles. The summed E-state index contributed by atoms with van der Waals surface area (Å²) in [6, 6.07) is 7.86. The van der Waals surface area contributed by atoms with E-state index in [0.717, 1.165) is 9.32 Å². The summed E-state index contributed by atoms with van der Waals surface area (Å²) in [6.45, 7) is 1.82. The number of halogens is 1. The van der Waals surface area contributed by atoms with Crippen molar-refractivity contribution in [1.29, 1.82) is 0 Å². The Labute approximate surface area is 103 Å². The number of hydrogen-bond donors (Lipinski definition) is 1. The second-order valence-corrected chi connectivity index (χ2v) is 5.03. The van der Waals surface area contributed by atoms with Crippen LogP contribution in [0.3, 0.4) is 0 Å². The van der Waals surface area contributed by atoms with Crippen molar-refractivity contribution in [3.8, 4) is 5.75 Å². The SMILES string of the molecule is OCC1(COc2ccccc2I)COC1. The van der Waals surface area contributed by atoms with Gasteiger partial charge in [-0.25, -0.2) is 0 Å². The lowest BCUT2D eigenvalue weighted by Crippen LogP contribution is -2.49. The number of benzene rings is 1. The van der Waals surface area contributed by atoms with Crippen LogP contribution in [0.25, 0.3) is 0 Å². The molecule has 1 aliphatic rings. The average molecular weight is 320 g/mol. The van der Waals surface area contributed by atoms with Gasteiger partial charge in [0, 0.05) is 0 Å². The predicted octanol–water partition coefficient (Wildman–Crippen LogP) is 1.68. The van der Waals surface area contributed by atoms with Crippen LogP contribution >= 0.6 is 22.6 Å². The van der Waals surface area contributed by atoms with Crippen LogP contribution in [0.1, 0.15) is 0 Å². The van der Waals surface area contributed by atoms with Crippen LogP contribution in [-0.2, 0) is 4.74 Å². The Balaban J connectivity index is 1.95. The van der Waals surface area contributed by atoms with E-state index in [1.165, 1.54) is 0 Å². The van der Waals surface area contributed by atoms with Crippen LogP contribution in [0.4, 0.5) is 0 Å². The van der Waals surface area contributed by atoms with Crippen LogP contribution in [0, 0.1) is 8.99 Å². The molecule has 0 aliphatic carbocycles. The molecule has 1 aromatic rings. The van der Waals surface area contributed by atoms with Crippen molar-refractivity contribution in [2.24, 2.45) is 5.41 Å².